The van der Waals surface area contributed by atoms with Crippen LogP contribution >= 0.6 is 0 Å². The molecular formula is C20H24O2Si. The summed E-state index contributed by atoms with van der Waals surface area (Å²) >= 11 is 0. The number of hydrogen-bond donors (Lipinski definition) is 0. The molecule has 2 nitrogen and oxygen atoms in total. The number of benzene rings is 2. The largest absolute Gasteiger partial charge is 0.433 e. The van der Waals surface area contributed by atoms with Crippen LogP contribution in [0.1, 0.15) is 22.3 Å². The lowest BCUT2D eigenvalue weighted by Crippen LogP contribution is -2.27. The van der Waals surface area contributed by atoms with Crippen molar-refractivity contribution in [1.29, 1.82) is 0 Å². The van der Waals surface area contributed by atoms with Crippen LogP contribution in [0.4, 0.5) is 0 Å². The van der Waals surface area contributed by atoms with E-state index in [1.54, 1.807) is 12.1 Å². The maximum atomic E-state index is 12.3. The van der Waals surface area contributed by atoms with E-state index in [4.69, 9.17) is 4.74 Å². The molecular weight excluding hydrogens is 300 g/mol. The molecule has 2 aromatic rings. The predicted molar refractivity (Wildman–Crippen MR) is 98.0 cm³/mol. The first-order chi connectivity index (χ1) is 11.0. The number of allylic oxidation sites excluding steroid dienone is 1. The second kappa shape index (κ2) is 7.93. The van der Waals surface area contributed by atoms with Crippen molar-refractivity contribution in [3.05, 3.63) is 83.2 Å². The zero-order valence-corrected chi connectivity index (χ0v) is 15.1. The fourth-order valence-corrected chi connectivity index (χ4v) is 3.40. The zero-order chi connectivity index (χ0) is 16.7. The molecule has 0 radical (unpaired) electrons. The first-order valence-electron chi connectivity index (χ1n) is 7.98. The average molecular weight is 324 g/mol. The molecule has 0 atom stereocenters. The summed E-state index contributed by atoms with van der Waals surface area (Å²) in [5.41, 5.74) is 1.90. The highest BCUT2D eigenvalue weighted by molar-refractivity contribution is 6.82. The minimum atomic E-state index is -1.70. The van der Waals surface area contributed by atoms with Crippen LogP contribution in [0.5, 0.6) is 0 Å². The number of aryl methyl sites for hydroxylation is 1. The fourth-order valence-electron chi connectivity index (χ4n) is 2.25. The molecule has 0 N–H and O–H groups in total. The summed E-state index contributed by atoms with van der Waals surface area (Å²) < 4.78 is 5.72. The number of rotatable bonds is 6. The highest BCUT2D eigenvalue weighted by Crippen LogP contribution is 2.19. The van der Waals surface area contributed by atoms with Crippen molar-refractivity contribution in [3.63, 3.8) is 0 Å². The van der Waals surface area contributed by atoms with Crippen molar-refractivity contribution in [2.45, 2.75) is 32.5 Å². The van der Waals surface area contributed by atoms with E-state index in [2.05, 4.69) is 37.8 Å². The maximum Gasteiger partial charge on any atom is 0.342 e. The van der Waals surface area contributed by atoms with Crippen molar-refractivity contribution in [2.24, 2.45) is 0 Å². The van der Waals surface area contributed by atoms with Gasteiger partial charge in [-0.1, -0.05) is 74.2 Å². The zero-order valence-electron chi connectivity index (χ0n) is 14.1. The highest BCUT2D eigenvalue weighted by Gasteiger charge is 2.24. The minimum absolute atomic E-state index is 0.265. The van der Waals surface area contributed by atoms with Gasteiger partial charge in [-0.15, -0.1) is 0 Å². The predicted octanol–water partition coefficient (Wildman–Crippen LogP) is 5.24. The van der Waals surface area contributed by atoms with Crippen LogP contribution in [0.15, 0.2) is 72.1 Å². The van der Waals surface area contributed by atoms with E-state index in [0.29, 0.717) is 5.56 Å². The first kappa shape index (κ1) is 17.2. The molecule has 0 saturated heterocycles. The summed E-state index contributed by atoms with van der Waals surface area (Å²) in [6.45, 7) is 6.58. The average Bonchev–Trinajstić information content (AvgIpc) is 2.54. The Kier molecular flexibility index (Phi) is 5.94. The summed E-state index contributed by atoms with van der Waals surface area (Å²) in [6, 6.07) is 19.5. The molecule has 0 spiro atoms. The van der Waals surface area contributed by atoms with E-state index in [-0.39, 0.29) is 5.97 Å². The fraction of sp³-hybridized carbons (Fsp3) is 0.250. The number of carbonyl (C=O) groups excluding carboxylic acids is 1. The normalized spacial score (nSPS) is 12.0. The molecule has 23 heavy (non-hydrogen) atoms. The van der Waals surface area contributed by atoms with Gasteiger partial charge >= 0.3 is 5.97 Å². The third-order valence-corrected chi connectivity index (χ3v) is 5.34. The van der Waals surface area contributed by atoms with Gasteiger partial charge in [0, 0.05) is 0 Å². The quantitative estimate of drug-likeness (QED) is 0.413. The van der Waals surface area contributed by atoms with Gasteiger partial charge in [0.25, 0.3) is 0 Å². The van der Waals surface area contributed by atoms with Gasteiger partial charge in [0.1, 0.15) is 8.07 Å². The van der Waals surface area contributed by atoms with Gasteiger partial charge in [-0.25, -0.2) is 4.79 Å². The molecule has 0 unspecified atom stereocenters. The maximum absolute atomic E-state index is 12.3. The molecule has 0 heterocycles. The van der Waals surface area contributed by atoms with Crippen molar-refractivity contribution in [3.8, 4) is 0 Å². The Morgan fingerprint density at radius 3 is 2.09 bits per heavy atom. The van der Waals surface area contributed by atoms with Crippen LogP contribution < -0.4 is 0 Å². The molecule has 0 fully saturated rings. The minimum Gasteiger partial charge on any atom is -0.433 e. The lowest BCUT2D eigenvalue weighted by Gasteiger charge is -2.20. The monoisotopic (exact) mass is 324 g/mol. The molecule has 120 valence electrons. The number of esters is 1. The molecule has 0 aliphatic carbocycles. The van der Waals surface area contributed by atoms with Crippen LogP contribution in [0.2, 0.25) is 19.6 Å². The molecule has 0 aliphatic rings. The van der Waals surface area contributed by atoms with Gasteiger partial charge in [-0.3, -0.25) is 0 Å². The molecule has 0 amide bonds. The van der Waals surface area contributed by atoms with Crippen LogP contribution in [0, 0.1) is 0 Å². The SMILES string of the molecule is C[Si](C)(C)/C(=C\CCc1ccccc1)OC(=O)c1ccccc1. The van der Waals surface area contributed by atoms with Gasteiger partial charge in [0.2, 0.25) is 0 Å². The Hall–Kier alpha value is -2.13. The second-order valence-electron chi connectivity index (χ2n) is 6.60. The Morgan fingerprint density at radius 1 is 0.957 bits per heavy atom. The number of ether oxygens (including phenoxy) is 1. The molecule has 2 rings (SSSR count). The lowest BCUT2D eigenvalue weighted by molar-refractivity contribution is 0.0643. The van der Waals surface area contributed by atoms with Crippen LogP contribution in [0.3, 0.4) is 0 Å². The molecule has 0 aromatic heterocycles. The van der Waals surface area contributed by atoms with E-state index >= 15 is 0 Å². The third kappa shape index (κ3) is 5.53. The topological polar surface area (TPSA) is 26.3 Å². The third-order valence-electron chi connectivity index (χ3n) is 3.56. The van der Waals surface area contributed by atoms with Gasteiger partial charge in [-0.2, -0.15) is 0 Å². The van der Waals surface area contributed by atoms with Crippen molar-refractivity contribution in [2.75, 3.05) is 0 Å². The number of carbonyl (C=O) groups is 1. The molecule has 0 bridgehead atoms. The van der Waals surface area contributed by atoms with Crippen LogP contribution in [-0.4, -0.2) is 14.0 Å². The van der Waals surface area contributed by atoms with E-state index in [1.165, 1.54) is 5.56 Å². The van der Waals surface area contributed by atoms with E-state index < -0.39 is 8.07 Å². The van der Waals surface area contributed by atoms with Crippen LogP contribution in [0.25, 0.3) is 0 Å². The van der Waals surface area contributed by atoms with Crippen molar-refractivity contribution >= 4 is 14.0 Å². The van der Waals surface area contributed by atoms with Crippen molar-refractivity contribution < 1.29 is 9.53 Å². The lowest BCUT2D eigenvalue weighted by atomic mass is 10.1. The Labute approximate surface area is 139 Å². The van der Waals surface area contributed by atoms with Gasteiger partial charge < -0.3 is 4.74 Å². The van der Waals surface area contributed by atoms with E-state index in [1.807, 2.05) is 36.4 Å². The van der Waals surface area contributed by atoms with Crippen LogP contribution in [-0.2, 0) is 11.2 Å². The highest BCUT2D eigenvalue weighted by atomic mass is 28.3. The Bertz CT molecular complexity index is 655. The standard InChI is InChI=1S/C20H24O2Si/c1-23(2,3)19(16-10-13-17-11-6-4-7-12-17)22-20(21)18-14-8-5-9-15-18/h4-9,11-12,14-16H,10,13H2,1-3H3/b19-16-. The van der Waals surface area contributed by atoms with Gasteiger partial charge in [-0.05, 0) is 30.5 Å². The molecule has 2 aromatic carbocycles. The van der Waals surface area contributed by atoms with Gasteiger partial charge in [0.15, 0.2) is 0 Å². The molecule has 0 aliphatic heterocycles. The first-order valence-corrected chi connectivity index (χ1v) is 11.5. The summed E-state index contributed by atoms with van der Waals surface area (Å²) in [5, 5.41) is 0.863. The Balaban J connectivity index is 2.05. The summed E-state index contributed by atoms with van der Waals surface area (Å²) in [5.74, 6) is -0.265. The smallest absolute Gasteiger partial charge is 0.342 e. The molecule has 0 saturated carbocycles. The summed E-state index contributed by atoms with van der Waals surface area (Å²) in [4.78, 5) is 12.3. The van der Waals surface area contributed by atoms with Gasteiger partial charge in [0.05, 0.1) is 10.9 Å². The second-order valence-corrected chi connectivity index (χ2v) is 11.6. The summed E-state index contributed by atoms with van der Waals surface area (Å²) in [7, 11) is -1.70. The van der Waals surface area contributed by atoms with Crippen molar-refractivity contribution in [1.82, 2.24) is 0 Å². The summed E-state index contributed by atoms with van der Waals surface area (Å²) in [6.07, 6.45) is 3.93. The number of hydrogen-bond acceptors (Lipinski definition) is 2. The Morgan fingerprint density at radius 2 is 1.52 bits per heavy atom. The molecule has 3 heteroatoms. The van der Waals surface area contributed by atoms with E-state index in [9.17, 15) is 4.79 Å². The van der Waals surface area contributed by atoms with E-state index in [0.717, 1.165) is 18.2 Å².